The van der Waals surface area contributed by atoms with Gasteiger partial charge in [-0.05, 0) is 87.1 Å². The van der Waals surface area contributed by atoms with E-state index >= 15 is 0 Å². The predicted octanol–water partition coefficient (Wildman–Crippen LogP) is 7.79. The van der Waals surface area contributed by atoms with Crippen LogP contribution < -0.4 is 30.3 Å². The standard InChI is InChI=1S/C19H22FN5O3S2.C14H19N5O3S.C12H13FN2S/c1-11(2)14-7-13(20)8-15(16-9-21-10-29-16)18(14)22-19(26)24-30(27,28)17-5-6-25(23-17)12(3)4;1-11(2)19-10-7-13(15-19)23(21,22)16-14(20)18-8-5-12(6-9-18)17(3)4;1-7(2)9-3-8(13)4-10(12(9)14)11-5-15-6-16-11/h5-12H,1-4H3,(H2,22,24,26);5-11H,1-4H3;3-7H,14H2,1-2H3. The number of nitrogens with one attached hydrogen (secondary N) is 2. The molecular formula is C45H54F2N12O6S4. The van der Waals surface area contributed by atoms with Crippen molar-refractivity contribution in [2.75, 3.05) is 30.0 Å². The van der Waals surface area contributed by atoms with Crippen LogP contribution in [0.2, 0.25) is 0 Å². The number of nitrogen functional groups attached to an aromatic ring is 1. The highest BCUT2D eigenvalue weighted by Crippen LogP contribution is 2.38. The Morgan fingerprint density at radius 1 is 0.768 bits per heavy atom. The number of pyridine rings is 1. The van der Waals surface area contributed by atoms with Gasteiger partial charge in [0.15, 0.2) is 5.03 Å². The normalized spacial score (nSPS) is 11.9. The number of rotatable bonds is 12. The molecule has 0 aliphatic heterocycles. The van der Waals surface area contributed by atoms with E-state index < -0.39 is 37.9 Å². The van der Waals surface area contributed by atoms with Crippen molar-refractivity contribution in [1.82, 2.24) is 34.3 Å². The number of nitrogens with zero attached hydrogens (tertiary/aromatic N) is 9. The maximum atomic E-state index is 14.2. The van der Waals surface area contributed by atoms with E-state index in [1.165, 1.54) is 93.2 Å². The van der Waals surface area contributed by atoms with Crippen LogP contribution in [0.5, 0.6) is 0 Å². The molecule has 0 saturated carbocycles. The first-order valence-corrected chi connectivity index (χ1v) is 25.9. The number of benzene rings is 2. The van der Waals surface area contributed by atoms with Crippen LogP contribution in [0.15, 0.2) is 111 Å². The minimum absolute atomic E-state index is 0.0163. The van der Waals surface area contributed by atoms with Crippen LogP contribution in [0.25, 0.3) is 20.9 Å². The largest absolute Gasteiger partial charge is 0.806 e. The lowest BCUT2D eigenvalue weighted by Gasteiger charge is -2.18. The molecule has 0 aliphatic rings. The lowest BCUT2D eigenvalue weighted by atomic mass is 9.97. The molecule has 0 fully saturated rings. The lowest BCUT2D eigenvalue weighted by molar-refractivity contribution is -0.613. The van der Waals surface area contributed by atoms with E-state index in [2.05, 4.69) is 29.9 Å². The molecule has 0 atom stereocenters. The van der Waals surface area contributed by atoms with Crippen molar-refractivity contribution in [3.05, 3.63) is 119 Å². The van der Waals surface area contributed by atoms with Gasteiger partial charge in [-0.1, -0.05) is 27.7 Å². The second-order valence-electron chi connectivity index (χ2n) is 16.6. The number of anilines is 3. The van der Waals surface area contributed by atoms with Gasteiger partial charge in [0.05, 0.1) is 38.9 Å². The zero-order valence-corrected chi connectivity index (χ0v) is 42.8. The Morgan fingerprint density at radius 2 is 1.26 bits per heavy atom. The van der Waals surface area contributed by atoms with Crippen molar-refractivity contribution >= 4 is 71.8 Å². The Kier molecular flexibility index (Phi) is 17.5. The SMILES string of the molecule is CC(C)c1cc(F)cc(-c2cncs2)c1N.CC(C)c1cc(F)cc(-c2cncs2)c1NC(=O)NS(=O)(=O)c1ccn(C(C)C)n1.CC(C)n1ccc(S(=O)(=O)N=C([O-])[n+]2ccc(N(C)C)cc2)n1. The number of amides is 2. The summed E-state index contributed by atoms with van der Waals surface area (Å²) in [5, 5.41) is 22.0. The summed E-state index contributed by atoms with van der Waals surface area (Å²) in [7, 11) is -4.59. The minimum Gasteiger partial charge on any atom is -0.806 e. The summed E-state index contributed by atoms with van der Waals surface area (Å²) in [5.74, 6) is -0.621. The third kappa shape index (κ3) is 13.8. The number of nitrogens with two attached hydrogens (primary N) is 1. The van der Waals surface area contributed by atoms with E-state index in [0.717, 1.165) is 26.3 Å². The molecule has 7 aromatic rings. The van der Waals surface area contributed by atoms with Crippen LogP contribution in [-0.2, 0) is 20.0 Å². The highest BCUT2D eigenvalue weighted by Gasteiger charge is 2.26. The molecule has 2 aromatic carbocycles. The molecule has 69 heavy (non-hydrogen) atoms. The molecule has 0 saturated heterocycles. The molecule has 0 aliphatic carbocycles. The van der Waals surface area contributed by atoms with Crippen molar-refractivity contribution in [3.63, 3.8) is 0 Å². The number of carbonyl (C=O) groups is 1. The van der Waals surface area contributed by atoms with Crippen molar-refractivity contribution in [2.45, 2.75) is 89.4 Å². The van der Waals surface area contributed by atoms with Gasteiger partial charge >= 0.3 is 16.1 Å². The van der Waals surface area contributed by atoms with Crippen molar-refractivity contribution < 1.29 is 40.1 Å². The number of sulfonamides is 2. The second kappa shape index (κ2) is 22.7. The van der Waals surface area contributed by atoms with E-state index in [4.69, 9.17) is 5.73 Å². The van der Waals surface area contributed by atoms with Crippen LogP contribution in [0, 0.1) is 11.6 Å². The number of halogens is 2. The van der Waals surface area contributed by atoms with Crippen LogP contribution >= 0.6 is 22.7 Å². The Hall–Kier alpha value is -6.63. The Bertz CT molecular complexity index is 3100. The van der Waals surface area contributed by atoms with Gasteiger partial charge in [0.2, 0.25) is 5.03 Å². The molecule has 0 bridgehead atoms. The first-order chi connectivity index (χ1) is 32.4. The van der Waals surface area contributed by atoms with Crippen LogP contribution in [0.3, 0.4) is 0 Å². The number of aromatic nitrogens is 7. The number of hydrogen-bond donors (Lipinski definition) is 3. The molecule has 7 rings (SSSR count). The summed E-state index contributed by atoms with van der Waals surface area (Å²) >= 11 is 2.74. The summed E-state index contributed by atoms with van der Waals surface area (Å²) in [4.78, 5) is 24.0. The van der Waals surface area contributed by atoms with Gasteiger partial charge in [0.25, 0.3) is 16.0 Å². The maximum absolute atomic E-state index is 14.2. The first-order valence-electron chi connectivity index (χ1n) is 21.2. The maximum Gasteiger partial charge on any atom is 0.388 e. The predicted molar refractivity (Wildman–Crippen MR) is 263 cm³/mol. The fourth-order valence-corrected chi connectivity index (χ4v) is 9.25. The third-order valence-corrected chi connectivity index (χ3v) is 13.9. The Balaban J connectivity index is 0.000000202. The summed E-state index contributed by atoms with van der Waals surface area (Å²) in [6, 6.07) is 9.72. The van der Waals surface area contributed by atoms with Crippen molar-refractivity contribution in [3.8, 4) is 20.9 Å². The van der Waals surface area contributed by atoms with Gasteiger partial charge in [-0.3, -0.25) is 19.3 Å². The fourth-order valence-electron chi connectivity index (χ4n) is 6.29. The average Bonchev–Trinajstić information content (AvgIpc) is 4.13. The van der Waals surface area contributed by atoms with Crippen molar-refractivity contribution in [2.24, 2.45) is 4.40 Å². The van der Waals surface area contributed by atoms with Gasteiger partial charge in [-0.15, -0.1) is 22.7 Å². The molecule has 2 amide bonds. The van der Waals surface area contributed by atoms with E-state index in [0.29, 0.717) is 27.4 Å². The molecule has 4 N–H and O–H groups in total. The van der Waals surface area contributed by atoms with E-state index in [-0.39, 0.29) is 39.8 Å². The number of urea groups is 1. The highest BCUT2D eigenvalue weighted by atomic mass is 32.2. The molecule has 0 spiro atoms. The molecule has 5 heterocycles. The van der Waals surface area contributed by atoms with Gasteiger partial charge in [0.1, 0.15) is 11.6 Å². The minimum atomic E-state index is -4.18. The summed E-state index contributed by atoms with van der Waals surface area (Å²) in [6.45, 7) is 15.1. The third-order valence-electron chi connectivity index (χ3n) is 9.93. The summed E-state index contributed by atoms with van der Waals surface area (Å²) < 4.78 is 86.4. The molecule has 368 valence electrons. The van der Waals surface area contributed by atoms with E-state index in [1.54, 1.807) is 35.5 Å². The number of carbonyl (C=O) groups excluding carboxylic acids is 1. The van der Waals surface area contributed by atoms with Crippen LogP contribution in [0.4, 0.5) is 30.6 Å². The Morgan fingerprint density at radius 3 is 1.74 bits per heavy atom. The molecule has 5 aromatic heterocycles. The zero-order valence-electron chi connectivity index (χ0n) is 39.5. The van der Waals surface area contributed by atoms with Crippen LogP contribution in [-0.4, -0.2) is 72.5 Å². The Labute approximate surface area is 408 Å². The van der Waals surface area contributed by atoms with Crippen molar-refractivity contribution in [1.29, 1.82) is 0 Å². The van der Waals surface area contributed by atoms with Crippen LogP contribution in [0.1, 0.15) is 90.4 Å². The topological polar surface area (TPSA) is 239 Å². The smallest absolute Gasteiger partial charge is 0.388 e. The molecule has 0 unspecified atom stereocenters. The zero-order chi connectivity index (χ0) is 51.0. The van der Waals surface area contributed by atoms with Gasteiger partial charge in [-0.25, -0.2) is 22.9 Å². The summed E-state index contributed by atoms with van der Waals surface area (Å²) in [6.07, 6.45) is 9.25. The van der Waals surface area contributed by atoms with Gasteiger partial charge in [0, 0.05) is 90.0 Å². The number of thiazole rings is 2. The molecule has 18 nitrogen and oxygen atoms in total. The lowest BCUT2D eigenvalue weighted by Crippen LogP contribution is -2.51. The second-order valence-corrected chi connectivity index (χ2v) is 21.6. The van der Waals surface area contributed by atoms with Gasteiger partial charge < -0.3 is 21.1 Å². The molecule has 24 heteroatoms. The summed E-state index contributed by atoms with van der Waals surface area (Å²) in [5.41, 5.74) is 13.8. The van der Waals surface area contributed by atoms with E-state index in [1.807, 2.05) is 79.1 Å². The highest BCUT2D eigenvalue weighted by molar-refractivity contribution is 7.90. The van der Waals surface area contributed by atoms with E-state index in [9.17, 15) is 35.5 Å². The van der Waals surface area contributed by atoms with Gasteiger partial charge in [-0.2, -0.15) is 27.0 Å². The quantitative estimate of drug-likeness (QED) is 0.0460. The average molecular weight is 1030 g/mol. The first kappa shape index (κ1) is 53.3. The molecule has 0 radical (unpaired) electrons. The monoisotopic (exact) mass is 1020 g/mol. The number of hydrogen-bond acceptors (Lipinski definition) is 14. The fraction of sp³-hybridized carbons (Fsp3) is 0.311. The molecular weight excluding hydrogens is 971 g/mol.